The largest absolute Gasteiger partial charge is 0.311 e. The van der Waals surface area contributed by atoms with E-state index in [0.29, 0.717) is 0 Å². The Bertz CT molecular complexity index is 2450. The van der Waals surface area contributed by atoms with Crippen LogP contribution in [0.3, 0.4) is 0 Å². The molecule has 1 aromatic heterocycles. The molecule has 0 saturated carbocycles. The molecule has 0 N–H and O–H groups in total. The number of anilines is 3. The molecule has 216 valence electrons. The van der Waals surface area contributed by atoms with E-state index in [1.807, 2.05) is 0 Å². The molecule has 0 spiro atoms. The van der Waals surface area contributed by atoms with Gasteiger partial charge >= 0.3 is 0 Å². The molecule has 8 aromatic carbocycles. The van der Waals surface area contributed by atoms with Crippen molar-refractivity contribution in [2.45, 2.75) is 0 Å². The molecule has 9 aromatic rings. The molecule has 2 nitrogen and oxygen atoms in total. The highest BCUT2D eigenvalue weighted by Crippen LogP contribution is 2.39. The number of fused-ring (bicyclic) bond motifs is 6. The highest BCUT2D eigenvalue weighted by Gasteiger charge is 2.16. The summed E-state index contributed by atoms with van der Waals surface area (Å²) in [6, 6.07) is 65.6. The molecular formula is C44H30N2. The quantitative estimate of drug-likeness (QED) is 0.182. The Morgan fingerprint density at radius 3 is 1.48 bits per heavy atom. The second-order valence-electron chi connectivity index (χ2n) is 11.8. The lowest BCUT2D eigenvalue weighted by Crippen LogP contribution is -2.10. The van der Waals surface area contributed by atoms with Crippen molar-refractivity contribution in [2.75, 3.05) is 4.90 Å². The number of para-hydroxylation sites is 3. The summed E-state index contributed by atoms with van der Waals surface area (Å²) in [6.07, 6.45) is 0. The summed E-state index contributed by atoms with van der Waals surface area (Å²) >= 11 is 0. The molecule has 1 heterocycles. The first-order valence-corrected chi connectivity index (χ1v) is 15.8. The third-order valence-corrected chi connectivity index (χ3v) is 9.17. The molecule has 0 aliphatic heterocycles. The van der Waals surface area contributed by atoms with Crippen molar-refractivity contribution in [3.63, 3.8) is 0 Å². The van der Waals surface area contributed by atoms with Crippen LogP contribution in [-0.4, -0.2) is 4.57 Å². The first-order chi connectivity index (χ1) is 22.8. The van der Waals surface area contributed by atoms with Crippen LogP contribution in [0.5, 0.6) is 0 Å². The summed E-state index contributed by atoms with van der Waals surface area (Å²) in [5, 5.41) is 7.65. The average molecular weight is 587 g/mol. The molecule has 0 aliphatic rings. The second kappa shape index (κ2) is 10.8. The zero-order valence-corrected chi connectivity index (χ0v) is 25.2. The molecule has 0 unspecified atom stereocenters. The fraction of sp³-hybridized carbons (Fsp3) is 0. The van der Waals surface area contributed by atoms with E-state index in [2.05, 4.69) is 191 Å². The van der Waals surface area contributed by atoms with E-state index in [4.69, 9.17) is 0 Å². The predicted molar refractivity (Wildman–Crippen MR) is 196 cm³/mol. The van der Waals surface area contributed by atoms with Gasteiger partial charge in [0.15, 0.2) is 0 Å². The molecule has 2 heteroatoms. The predicted octanol–water partition coefficient (Wildman–Crippen LogP) is 12.2. The lowest BCUT2D eigenvalue weighted by molar-refractivity contribution is 1.17. The smallest absolute Gasteiger partial charge is 0.0541 e. The third kappa shape index (κ3) is 4.27. The summed E-state index contributed by atoms with van der Waals surface area (Å²) in [7, 11) is 0. The van der Waals surface area contributed by atoms with Crippen LogP contribution in [0.2, 0.25) is 0 Å². The van der Waals surface area contributed by atoms with Gasteiger partial charge in [0.2, 0.25) is 0 Å². The van der Waals surface area contributed by atoms with Gasteiger partial charge in [0.05, 0.1) is 11.0 Å². The first kappa shape index (κ1) is 26.3. The Kier molecular flexibility index (Phi) is 6.17. The van der Waals surface area contributed by atoms with Crippen molar-refractivity contribution in [1.29, 1.82) is 0 Å². The van der Waals surface area contributed by atoms with Gasteiger partial charge in [0.25, 0.3) is 0 Å². The van der Waals surface area contributed by atoms with Crippen LogP contribution in [0.25, 0.3) is 60.2 Å². The van der Waals surface area contributed by atoms with Crippen molar-refractivity contribution in [3.05, 3.63) is 182 Å². The maximum absolute atomic E-state index is 2.37. The van der Waals surface area contributed by atoms with Gasteiger partial charge in [-0.05, 0) is 99.4 Å². The van der Waals surface area contributed by atoms with Crippen molar-refractivity contribution >= 4 is 60.4 Å². The number of aromatic nitrogens is 1. The van der Waals surface area contributed by atoms with E-state index < -0.39 is 0 Å². The molecule has 0 bridgehead atoms. The lowest BCUT2D eigenvalue weighted by Gasteiger charge is -2.26. The molecule has 0 atom stereocenters. The van der Waals surface area contributed by atoms with Gasteiger partial charge in [-0.15, -0.1) is 0 Å². The number of rotatable bonds is 5. The average Bonchev–Trinajstić information content (AvgIpc) is 3.47. The summed E-state index contributed by atoms with van der Waals surface area (Å²) < 4.78 is 2.37. The van der Waals surface area contributed by atoms with E-state index in [0.717, 1.165) is 22.7 Å². The van der Waals surface area contributed by atoms with E-state index in [1.54, 1.807) is 0 Å². The Labute approximate surface area is 268 Å². The zero-order valence-electron chi connectivity index (χ0n) is 25.2. The van der Waals surface area contributed by atoms with Crippen molar-refractivity contribution in [1.82, 2.24) is 4.57 Å². The van der Waals surface area contributed by atoms with Crippen molar-refractivity contribution < 1.29 is 0 Å². The topological polar surface area (TPSA) is 8.17 Å². The summed E-state index contributed by atoms with van der Waals surface area (Å²) in [6.45, 7) is 0. The molecule has 0 amide bonds. The summed E-state index contributed by atoms with van der Waals surface area (Å²) in [5.74, 6) is 0. The number of hydrogen-bond donors (Lipinski definition) is 0. The monoisotopic (exact) mass is 586 g/mol. The van der Waals surface area contributed by atoms with Gasteiger partial charge in [0, 0.05) is 33.5 Å². The van der Waals surface area contributed by atoms with Crippen LogP contribution in [0.15, 0.2) is 182 Å². The van der Waals surface area contributed by atoms with Crippen LogP contribution in [0, 0.1) is 0 Å². The normalized spacial score (nSPS) is 11.5. The zero-order chi connectivity index (χ0) is 30.5. The van der Waals surface area contributed by atoms with Gasteiger partial charge in [-0.2, -0.15) is 0 Å². The Hall–Kier alpha value is -6.12. The van der Waals surface area contributed by atoms with E-state index >= 15 is 0 Å². The number of hydrogen-bond acceptors (Lipinski definition) is 1. The minimum Gasteiger partial charge on any atom is -0.311 e. The minimum atomic E-state index is 1.11. The van der Waals surface area contributed by atoms with Gasteiger partial charge in [-0.1, -0.05) is 115 Å². The highest BCUT2D eigenvalue weighted by molar-refractivity contribution is 6.14. The summed E-state index contributed by atoms with van der Waals surface area (Å²) in [4.78, 5) is 2.33. The van der Waals surface area contributed by atoms with Crippen molar-refractivity contribution in [3.8, 4) is 16.8 Å². The van der Waals surface area contributed by atoms with Gasteiger partial charge < -0.3 is 9.47 Å². The summed E-state index contributed by atoms with van der Waals surface area (Å²) in [5.41, 5.74) is 9.39. The van der Waals surface area contributed by atoms with Crippen LogP contribution in [0.1, 0.15) is 0 Å². The molecule has 46 heavy (non-hydrogen) atoms. The Morgan fingerprint density at radius 1 is 0.348 bits per heavy atom. The van der Waals surface area contributed by atoms with E-state index in [-0.39, 0.29) is 0 Å². The van der Waals surface area contributed by atoms with Crippen molar-refractivity contribution in [2.24, 2.45) is 0 Å². The molecule has 0 aliphatic carbocycles. The van der Waals surface area contributed by atoms with Crippen LogP contribution < -0.4 is 4.90 Å². The standard InChI is InChI=1S/C44H30N2/c1-2-13-33(14-3-1)45(35-26-28-36(29-27-35)46-43-20-10-8-18-40(43)41-19-9-11-21-44(41)46)34-24-22-31(23-25-34)42-30-32-12-4-5-15-37(32)38-16-6-7-17-39(38)42/h1-30H. The first-order valence-electron chi connectivity index (χ1n) is 15.8. The number of benzene rings is 8. The van der Waals surface area contributed by atoms with E-state index in [9.17, 15) is 0 Å². The Morgan fingerprint density at radius 2 is 0.826 bits per heavy atom. The fourth-order valence-electron chi connectivity index (χ4n) is 7.06. The Balaban J connectivity index is 1.14. The molecule has 0 radical (unpaired) electrons. The number of nitrogens with zero attached hydrogens (tertiary/aromatic N) is 2. The van der Waals surface area contributed by atoms with Gasteiger partial charge in [0.1, 0.15) is 0 Å². The van der Waals surface area contributed by atoms with E-state index in [1.165, 1.54) is 54.5 Å². The van der Waals surface area contributed by atoms with Gasteiger partial charge in [-0.25, -0.2) is 0 Å². The van der Waals surface area contributed by atoms with Gasteiger partial charge in [-0.3, -0.25) is 0 Å². The van der Waals surface area contributed by atoms with Crippen LogP contribution in [0.4, 0.5) is 17.1 Å². The molecule has 0 fully saturated rings. The van der Waals surface area contributed by atoms with Crippen LogP contribution in [-0.2, 0) is 0 Å². The minimum absolute atomic E-state index is 1.11. The fourth-order valence-corrected chi connectivity index (χ4v) is 7.06. The lowest BCUT2D eigenvalue weighted by atomic mass is 9.93. The molecular weight excluding hydrogens is 556 g/mol. The maximum atomic E-state index is 2.37. The van der Waals surface area contributed by atoms with Crippen LogP contribution >= 0.6 is 0 Å². The molecule has 9 rings (SSSR count). The highest BCUT2D eigenvalue weighted by atomic mass is 15.1. The molecule has 0 saturated heterocycles. The maximum Gasteiger partial charge on any atom is 0.0541 e. The SMILES string of the molecule is c1ccc(N(c2ccc(-c3cc4ccccc4c4ccccc34)cc2)c2ccc(-n3c4ccccc4c4ccccc43)cc2)cc1. The third-order valence-electron chi connectivity index (χ3n) is 9.17. The second-order valence-corrected chi connectivity index (χ2v) is 11.8.